The van der Waals surface area contributed by atoms with Gasteiger partial charge in [0.05, 0.1) is 6.10 Å². The zero-order chi connectivity index (χ0) is 21.5. The van der Waals surface area contributed by atoms with Crippen molar-refractivity contribution in [2.24, 2.45) is 0 Å². The fraction of sp³-hybridized carbons (Fsp3) is 0.591. The summed E-state index contributed by atoms with van der Waals surface area (Å²) in [7, 11) is 0.858. The quantitative estimate of drug-likeness (QED) is 0.213. The van der Waals surface area contributed by atoms with Crippen molar-refractivity contribution in [2.45, 2.75) is 76.0 Å². The van der Waals surface area contributed by atoms with Crippen LogP contribution in [-0.2, 0) is 24.6 Å². The molecule has 0 amide bonds. The maximum absolute atomic E-state index is 14.0. The number of alkyl halides is 3. The van der Waals surface area contributed by atoms with Gasteiger partial charge in [-0.2, -0.15) is 13.2 Å². The highest BCUT2D eigenvalue weighted by atomic mass is 19.4. The summed E-state index contributed by atoms with van der Waals surface area (Å²) in [5.74, 6) is -1.50. The third-order valence-corrected chi connectivity index (χ3v) is 5.05. The molecule has 0 N–H and O–H groups in total. The molecule has 0 unspecified atom stereocenters. The molecule has 1 aromatic rings. The van der Waals surface area contributed by atoms with E-state index in [4.69, 9.17) is 14.2 Å². The Morgan fingerprint density at radius 2 is 1.86 bits per heavy atom. The van der Waals surface area contributed by atoms with Gasteiger partial charge in [-0.15, -0.1) is 0 Å². The van der Waals surface area contributed by atoms with Crippen molar-refractivity contribution in [2.75, 3.05) is 7.11 Å². The van der Waals surface area contributed by atoms with Gasteiger partial charge in [0.25, 0.3) is 5.60 Å². The molecule has 0 bridgehead atoms. The molecule has 29 heavy (non-hydrogen) atoms. The van der Waals surface area contributed by atoms with E-state index in [1.165, 1.54) is 24.3 Å². The second kappa shape index (κ2) is 10.3. The number of carbonyl (C=O) groups excluding carboxylic acids is 1. The van der Waals surface area contributed by atoms with Crippen LogP contribution in [-0.4, -0.2) is 37.6 Å². The molecule has 4 atom stereocenters. The molecule has 7 heteroatoms. The van der Waals surface area contributed by atoms with Crippen LogP contribution in [0.15, 0.2) is 42.5 Å². The number of benzene rings is 1. The van der Waals surface area contributed by atoms with Crippen molar-refractivity contribution < 1.29 is 32.2 Å². The lowest BCUT2D eigenvalue weighted by atomic mass is 9.92. The van der Waals surface area contributed by atoms with Gasteiger partial charge in [-0.05, 0) is 25.8 Å². The summed E-state index contributed by atoms with van der Waals surface area (Å²) in [5.41, 5.74) is -3.52. The lowest BCUT2D eigenvalue weighted by molar-refractivity contribution is -0.277. The Bertz CT molecular complexity index is 674. The highest BCUT2D eigenvalue weighted by molar-refractivity contribution is 5.83. The van der Waals surface area contributed by atoms with E-state index in [1.807, 2.05) is 6.08 Å². The summed E-state index contributed by atoms with van der Waals surface area (Å²) in [6.45, 7) is 3.90. The number of ether oxygens (including phenoxy) is 3. The van der Waals surface area contributed by atoms with E-state index in [0.29, 0.717) is 0 Å². The average Bonchev–Trinajstić information content (AvgIpc) is 3.41. The molecule has 1 heterocycles. The van der Waals surface area contributed by atoms with Crippen molar-refractivity contribution in [3.63, 3.8) is 0 Å². The van der Waals surface area contributed by atoms with Crippen LogP contribution >= 0.6 is 0 Å². The average molecular weight is 414 g/mol. The van der Waals surface area contributed by atoms with E-state index in [2.05, 4.69) is 6.92 Å². The smallest absolute Gasteiger partial charge is 0.432 e. The summed E-state index contributed by atoms with van der Waals surface area (Å²) < 4.78 is 57.5. The number of halogens is 3. The second-order valence-electron chi connectivity index (χ2n) is 7.20. The van der Waals surface area contributed by atoms with E-state index in [1.54, 1.807) is 19.1 Å². The van der Waals surface area contributed by atoms with Crippen LogP contribution in [0.4, 0.5) is 13.2 Å². The van der Waals surface area contributed by atoms with Crippen molar-refractivity contribution >= 4 is 5.97 Å². The molecule has 162 valence electrons. The third-order valence-electron chi connectivity index (χ3n) is 5.05. The van der Waals surface area contributed by atoms with E-state index < -0.39 is 30.0 Å². The molecule has 0 aromatic heterocycles. The Balaban J connectivity index is 2.19. The normalized spacial score (nSPS) is 22.3. The Morgan fingerprint density at radius 3 is 2.38 bits per heavy atom. The number of esters is 1. The minimum atomic E-state index is -5.00. The van der Waals surface area contributed by atoms with Crippen LogP contribution in [0.25, 0.3) is 0 Å². The first-order valence-electron chi connectivity index (χ1n) is 9.98. The topological polar surface area (TPSA) is 48.1 Å². The van der Waals surface area contributed by atoms with Crippen molar-refractivity contribution in [3.05, 3.63) is 48.0 Å². The Kier molecular flexibility index (Phi) is 8.28. The van der Waals surface area contributed by atoms with Gasteiger partial charge < -0.3 is 14.2 Å². The number of hydrogen-bond donors (Lipinski definition) is 0. The van der Waals surface area contributed by atoms with Crippen LogP contribution in [0.1, 0.15) is 51.5 Å². The van der Waals surface area contributed by atoms with Crippen molar-refractivity contribution in [1.29, 1.82) is 0 Å². The fourth-order valence-corrected chi connectivity index (χ4v) is 3.28. The molecule has 0 saturated carbocycles. The van der Waals surface area contributed by atoms with Gasteiger partial charge in [0.1, 0.15) is 12.2 Å². The highest BCUT2D eigenvalue weighted by Gasteiger charge is 2.64. The second-order valence-corrected chi connectivity index (χ2v) is 7.20. The van der Waals surface area contributed by atoms with Crippen LogP contribution in [0, 0.1) is 0 Å². The molecule has 0 spiro atoms. The number of allylic oxidation sites excluding steroid dienone is 1. The number of unbranched alkanes of at least 4 members (excludes halogenated alkanes) is 4. The fourth-order valence-electron chi connectivity index (χ4n) is 3.28. The Labute approximate surface area is 170 Å². The van der Waals surface area contributed by atoms with Crippen LogP contribution in [0.5, 0.6) is 0 Å². The molecule has 1 aliphatic heterocycles. The van der Waals surface area contributed by atoms with E-state index >= 15 is 0 Å². The van der Waals surface area contributed by atoms with Crippen LogP contribution in [0.2, 0.25) is 0 Å². The van der Waals surface area contributed by atoms with Gasteiger partial charge in [-0.3, -0.25) is 0 Å². The molecule has 1 saturated heterocycles. The van der Waals surface area contributed by atoms with Gasteiger partial charge in [-0.1, -0.05) is 62.6 Å². The summed E-state index contributed by atoms with van der Waals surface area (Å²) in [6, 6.07) is 6.80. The minimum absolute atomic E-state index is 0.183. The predicted octanol–water partition coefficient (Wildman–Crippen LogP) is 5.32. The molecule has 1 fully saturated rings. The molecule has 1 aliphatic rings. The first-order chi connectivity index (χ1) is 13.8. The van der Waals surface area contributed by atoms with Crippen molar-refractivity contribution in [3.8, 4) is 0 Å². The lowest BCUT2D eigenvalue weighted by Gasteiger charge is -2.33. The van der Waals surface area contributed by atoms with Crippen LogP contribution < -0.4 is 0 Å². The summed E-state index contributed by atoms with van der Waals surface area (Å²) >= 11 is 0. The van der Waals surface area contributed by atoms with Crippen molar-refractivity contribution in [1.82, 2.24) is 0 Å². The maximum Gasteiger partial charge on any atom is 0.432 e. The molecule has 0 radical (unpaired) electrons. The SMILES string of the molecule is CCCCCC/C=C\[C@@H](OC(=O)[C@@](OC)(c1ccccc1)C(F)(F)F)[C@@H]1O[C@@H]1C. The van der Waals surface area contributed by atoms with Crippen LogP contribution in [0.3, 0.4) is 0 Å². The van der Waals surface area contributed by atoms with E-state index in [0.717, 1.165) is 39.2 Å². The number of carbonyl (C=O) groups is 1. The molecule has 2 rings (SSSR count). The minimum Gasteiger partial charge on any atom is -0.453 e. The number of methoxy groups -OCH3 is 1. The largest absolute Gasteiger partial charge is 0.453 e. The van der Waals surface area contributed by atoms with Gasteiger partial charge in [-0.25, -0.2) is 4.79 Å². The first-order valence-corrected chi connectivity index (χ1v) is 9.98. The predicted molar refractivity (Wildman–Crippen MR) is 103 cm³/mol. The summed E-state index contributed by atoms with van der Waals surface area (Å²) in [5, 5.41) is 0. The van der Waals surface area contributed by atoms with Gasteiger partial charge in [0, 0.05) is 12.7 Å². The van der Waals surface area contributed by atoms with E-state index in [-0.39, 0.29) is 11.7 Å². The number of epoxide rings is 1. The third kappa shape index (κ3) is 5.60. The van der Waals surface area contributed by atoms with Gasteiger partial charge >= 0.3 is 12.1 Å². The number of rotatable bonds is 11. The molecular weight excluding hydrogens is 385 g/mol. The lowest BCUT2D eigenvalue weighted by Crippen LogP contribution is -2.52. The Morgan fingerprint density at radius 1 is 1.21 bits per heavy atom. The summed E-state index contributed by atoms with van der Waals surface area (Å²) in [6.07, 6.45) is 2.00. The molecule has 1 aromatic carbocycles. The zero-order valence-corrected chi connectivity index (χ0v) is 17.1. The maximum atomic E-state index is 14.0. The monoisotopic (exact) mass is 414 g/mol. The summed E-state index contributed by atoms with van der Waals surface area (Å²) in [4.78, 5) is 12.8. The number of hydrogen-bond acceptors (Lipinski definition) is 4. The molecular formula is C22H29F3O4. The zero-order valence-electron chi connectivity index (χ0n) is 17.1. The van der Waals surface area contributed by atoms with Gasteiger partial charge in [0.2, 0.25) is 0 Å². The molecule has 0 aliphatic carbocycles. The highest BCUT2D eigenvalue weighted by Crippen LogP contribution is 2.43. The first kappa shape index (κ1) is 23.4. The standard InChI is InChI=1S/C22H29F3O4/c1-4-5-6-7-8-12-15-18(19-16(2)28-19)29-20(26)21(27-3,22(23,24)25)17-13-10-9-11-14-17/h9-16,18-19H,4-8H2,1-3H3/b15-12-/t16-,18-,19-,21+/m1/s1. The Hall–Kier alpha value is -1.86. The van der Waals surface area contributed by atoms with Gasteiger partial charge in [0.15, 0.2) is 0 Å². The molecule has 4 nitrogen and oxygen atoms in total. The van der Waals surface area contributed by atoms with E-state index in [9.17, 15) is 18.0 Å².